The SMILES string of the molecule is CCc1ccc(N(CC(=O)N(Cc2ccc(Cl)cc2Cl)C(CC)C(=O)NC(C)(C)C)S(=O)(=O)c2ccccc2)cc1. The van der Waals surface area contributed by atoms with Crippen molar-refractivity contribution in [3.8, 4) is 0 Å². The molecule has 7 nitrogen and oxygen atoms in total. The number of carbonyl (C=O) groups excluding carboxylic acids is 2. The Hall–Kier alpha value is -3.07. The first-order valence-electron chi connectivity index (χ1n) is 13.5. The molecule has 0 heterocycles. The number of aryl methyl sites for hydroxylation is 1. The Morgan fingerprint density at radius 1 is 0.927 bits per heavy atom. The zero-order valence-corrected chi connectivity index (χ0v) is 26.4. The van der Waals surface area contributed by atoms with Gasteiger partial charge in [0.1, 0.15) is 12.6 Å². The molecule has 0 aliphatic heterocycles. The maximum atomic E-state index is 14.2. The zero-order chi connectivity index (χ0) is 30.4. The van der Waals surface area contributed by atoms with Crippen molar-refractivity contribution in [1.82, 2.24) is 10.2 Å². The first-order chi connectivity index (χ1) is 19.3. The molecule has 10 heteroatoms. The maximum Gasteiger partial charge on any atom is 0.264 e. The first kappa shape index (κ1) is 32.4. The van der Waals surface area contributed by atoms with Gasteiger partial charge in [0.25, 0.3) is 10.0 Å². The minimum absolute atomic E-state index is 0.0150. The number of rotatable bonds is 11. The molecule has 3 aromatic rings. The van der Waals surface area contributed by atoms with Crippen LogP contribution in [0.1, 0.15) is 52.2 Å². The number of nitrogens with zero attached hydrogens (tertiary/aromatic N) is 2. The second-order valence-corrected chi connectivity index (χ2v) is 13.5. The minimum Gasteiger partial charge on any atom is -0.350 e. The lowest BCUT2D eigenvalue weighted by atomic mass is 10.1. The number of amides is 2. The Bertz CT molecular complexity index is 1460. The summed E-state index contributed by atoms with van der Waals surface area (Å²) in [4.78, 5) is 29.0. The minimum atomic E-state index is -4.13. The lowest BCUT2D eigenvalue weighted by molar-refractivity contribution is -0.141. The maximum absolute atomic E-state index is 14.2. The molecule has 3 rings (SSSR count). The second kappa shape index (κ2) is 13.7. The molecule has 0 saturated carbocycles. The van der Waals surface area contributed by atoms with Gasteiger partial charge in [0.15, 0.2) is 0 Å². The largest absolute Gasteiger partial charge is 0.350 e. The van der Waals surface area contributed by atoms with E-state index in [-0.39, 0.29) is 17.3 Å². The smallest absolute Gasteiger partial charge is 0.264 e. The lowest BCUT2D eigenvalue weighted by Crippen LogP contribution is -2.55. The van der Waals surface area contributed by atoms with Gasteiger partial charge in [-0.2, -0.15) is 0 Å². The Morgan fingerprint density at radius 3 is 2.10 bits per heavy atom. The fraction of sp³-hybridized carbons (Fsp3) is 0.355. The summed E-state index contributed by atoms with van der Waals surface area (Å²) in [7, 11) is -4.13. The van der Waals surface area contributed by atoms with Gasteiger partial charge in [0, 0.05) is 22.1 Å². The summed E-state index contributed by atoms with van der Waals surface area (Å²) >= 11 is 12.6. The molecule has 3 aromatic carbocycles. The molecule has 0 saturated heterocycles. The van der Waals surface area contributed by atoms with Crippen molar-refractivity contribution in [1.29, 1.82) is 0 Å². The number of anilines is 1. The first-order valence-corrected chi connectivity index (χ1v) is 15.7. The van der Waals surface area contributed by atoms with E-state index in [2.05, 4.69) is 5.32 Å². The molecular formula is C31H37Cl2N3O4S. The van der Waals surface area contributed by atoms with E-state index >= 15 is 0 Å². The molecule has 1 unspecified atom stereocenters. The molecule has 0 spiro atoms. The average Bonchev–Trinajstić information content (AvgIpc) is 2.92. The highest BCUT2D eigenvalue weighted by Gasteiger charge is 2.34. The number of nitrogens with one attached hydrogen (secondary N) is 1. The van der Waals surface area contributed by atoms with Crippen LogP contribution in [0.4, 0.5) is 5.69 Å². The fourth-order valence-corrected chi connectivity index (χ4v) is 6.26. The summed E-state index contributed by atoms with van der Waals surface area (Å²) in [6.07, 6.45) is 1.08. The molecule has 41 heavy (non-hydrogen) atoms. The predicted octanol–water partition coefficient (Wildman–Crippen LogP) is 6.47. The van der Waals surface area contributed by atoms with E-state index in [9.17, 15) is 18.0 Å². The Balaban J connectivity index is 2.09. The van der Waals surface area contributed by atoms with E-state index < -0.39 is 34.1 Å². The number of hydrogen-bond acceptors (Lipinski definition) is 4. The van der Waals surface area contributed by atoms with Gasteiger partial charge in [0.05, 0.1) is 10.6 Å². The van der Waals surface area contributed by atoms with Crippen LogP contribution in [-0.2, 0) is 32.6 Å². The normalized spacial score (nSPS) is 12.5. The summed E-state index contributed by atoms with van der Waals surface area (Å²) in [5.74, 6) is -0.894. The van der Waals surface area contributed by atoms with E-state index in [1.54, 1.807) is 55.5 Å². The van der Waals surface area contributed by atoms with Gasteiger partial charge < -0.3 is 10.2 Å². The van der Waals surface area contributed by atoms with Crippen LogP contribution in [0.15, 0.2) is 77.7 Å². The third-order valence-electron chi connectivity index (χ3n) is 6.48. The van der Waals surface area contributed by atoms with Crippen molar-refractivity contribution in [2.45, 2.75) is 70.5 Å². The molecule has 0 aromatic heterocycles. The average molecular weight is 619 g/mol. The van der Waals surface area contributed by atoms with Gasteiger partial charge in [-0.1, -0.05) is 73.4 Å². The Morgan fingerprint density at radius 2 is 1.56 bits per heavy atom. The van der Waals surface area contributed by atoms with E-state index in [0.717, 1.165) is 16.3 Å². The molecule has 0 aliphatic rings. The van der Waals surface area contributed by atoms with Crippen LogP contribution in [-0.4, -0.2) is 43.3 Å². The summed E-state index contributed by atoms with van der Waals surface area (Å²) in [6.45, 7) is 8.84. The molecular weight excluding hydrogens is 581 g/mol. The van der Waals surface area contributed by atoms with Crippen molar-refractivity contribution < 1.29 is 18.0 Å². The molecule has 0 radical (unpaired) electrons. The van der Waals surface area contributed by atoms with E-state index in [1.807, 2.05) is 39.8 Å². The van der Waals surface area contributed by atoms with Crippen LogP contribution >= 0.6 is 23.2 Å². The van der Waals surface area contributed by atoms with Crippen molar-refractivity contribution in [3.05, 3.63) is 94.0 Å². The molecule has 0 aliphatic carbocycles. The van der Waals surface area contributed by atoms with Crippen LogP contribution in [0.2, 0.25) is 10.0 Å². The monoisotopic (exact) mass is 617 g/mol. The van der Waals surface area contributed by atoms with Crippen molar-refractivity contribution in [3.63, 3.8) is 0 Å². The van der Waals surface area contributed by atoms with Crippen LogP contribution in [0.25, 0.3) is 0 Å². The van der Waals surface area contributed by atoms with E-state index in [0.29, 0.717) is 27.7 Å². The van der Waals surface area contributed by atoms with Gasteiger partial charge >= 0.3 is 0 Å². The third kappa shape index (κ3) is 8.47. The predicted molar refractivity (Wildman–Crippen MR) is 166 cm³/mol. The van der Waals surface area contributed by atoms with Crippen molar-refractivity contribution >= 4 is 50.7 Å². The molecule has 1 N–H and O–H groups in total. The van der Waals surface area contributed by atoms with Crippen LogP contribution in [0.3, 0.4) is 0 Å². The highest BCUT2D eigenvalue weighted by Crippen LogP contribution is 2.27. The summed E-state index contributed by atoms with van der Waals surface area (Å²) in [6, 6.07) is 19.1. The Labute approximate surface area is 253 Å². The van der Waals surface area contributed by atoms with Crippen molar-refractivity contribution in [2.24, 2.45) is 0 Å². The lowest BCUT2D eigenvalue weighted by Gasteiger charge is -2.35. The van der Waals surface area contributed by atoms with Crippen LogP contribution in [0.5, 0.6) is 0 Å². The number of benzene rings is 3. The summed E-state index contributed by atoms with van der Waals surface area (Å²) in [5, 5.41) is 3.72. The molecule has 0 fully saturated rings. The number of sulfonamides is 1. The number of carbonyl (C=O) groups is 2. The molecule has 220 valence electrons. The van der Waals surface area contributed by atoms with Crippen LogP contribution < -0.4 is 9.62 Å². The summed E-state index contributed by atoms with van der Waals surface area (Å²) in [5.41, 5.74) is 1.41. The van der Waals surface area contributed by atoms with Crippen molar-refractivity contribution in [2.75, 3.05) is 10.8 Å². The Kier molecular flexibility index (Phi) is 10.9. The third-order valence-corrected chi connectivity index (χ3v) is 8.86. The van der Waals surface area contributed by atoms with Gasteiger partial charge in [-0.3, -0.25) is 13.9 Å². The van der Waals surface area contributed by atoms with Gasteiger partial charge in [-0.05, 0) is 81.1 Å². The van der Waals surface area contributed by atoms with Gasteiger partial charge in [-0.25, -0.2) is 8.42 Å². The quantitative estimate of drug-likeness (QED) is 0.267. The molecule has 0 bridgehead atoms. The van der Waals surface area contributed by atoms with Gasteiger partial charge in [0.2, 0.25) is 11.8 Å². The van der Waals surface area contributed by atoms with E-state index in [4.69, 9.17) is 23.2 Å². The van der Waals surface area contributed by atoms with E-state index in [1.165, 1.54) is 17.0 Å². The van der Waals surface area contributed by atoms with Crippen LogP contribution in [0, 0.1) is 0 Å². The fourth-order valence-electron chi connectivity index (χ4n) is 4.35. The zero-order valence-electron chi connectivity index (χ0n) is 24.0. The standard InChI is InChI=1S/C31H37Cl2N3O4S/c1-6-22-13-17-25(18-14-22)36(41(39,40)26-11-9-8-10-12-26)21-29(37)35(20-23-15-16-24(32)19-27(23)33)28(7-2)30(38)34-31(3,4)5/h8-19,28H,6-7,20-21H2,1-5H3,(H,34,38). The number of hydrogen-bond donors (Lipinski definition) is 1. The second-order valence-electron chi connectivity index (χ2n) is 10.8. The molecule has 1 atom stereocenters. The highest BCUT2D eigenvalue weighted by molar-refractivity contribution is 7.92. The topological polar surface area (TPSA) is 86.8 Å². The summed E-state index contributed by atoms with van der Waals surface area (Å²) < 4.78 is 28.9. The number of halogens is 2. The molecule has 2 amide bonds. The highest BCUT2D eigenvalue weighted by atomic mass is 35.5. The van der Waals surface area contributed by atoms with Gasteiger partial charge in [-0.15, -0.1) is 0 Å².